The Labute approximate surface area is 252 Å². The summed E-state index contributed by atoms with van der Waals surface area (Å²) in [7, 11) is -3.16. The van der Waals surface area contributed by atoms with E-state index in [1.165, 1.54) is 16.7 Å². The first-order chi connectivity index (χ1) is 19.8. The van der Waals surface area contributed by atoms with Gasteiger partial charge in [-0.25, -0.2) is 13.1 Å². The van der Waals surface area contributed by atoms with Gasteiger partial charge in [0, 0.05) is 27.9 Å². The third-order valence-corrected chi connectivity index (χ3v) is 10.4. The minimum absolute atomic E-state index is 0.0607. The normalized spacial score (nSPS) is 19.3. The molecule has 208 valence electrons. The number of para-hydroxylation sites is 1. The van der Waals surface area contributed by atoms with Gasteiger partial charge in [-0.2, -0.15) is 5.10 Å². The van der Waals surface area contributed by atoms with E-state index in [-0.39, 0.29) is 17.4 Å². The van der Waals surface area contributed by atoms with Crippen LogP contribution >= 0.6 is 35.6 Å². The van der Waals surface area contributed by atoms with Crippen LogP contribution in [0.3, 0.4) is 0 Å². The number of carbonyl (C=O) groups is 1. The number of benzene rings is 3. The van der Waals surface area contributed by atoms with Crippen LogP contribution in [0.25, 0.3) is 23.0 Å². The Morgan fingerprint density at radius 3 is 2.49 bits per heavy atom. The molecule has 6 rings (SSSR count). The number of hydrogen-bond donors (Lipinski definition) is 0. The molecule has 1 atom stereocenters. The van der Waals surface area contributed by atoms with Gasteiger partial charge in [0.25, 0.3) is 5.91 Å². The van der Waals surface area contributed by atoms with Crippen molar-refractivity contribution in [2.24, 2.45) is 0 Å². The van der Waals surface area contributed by atoms with Crippen molar-refractivity contribution in [3.8, 4) is 22.7 Å². The second-order valence-electron chi connectivity index (χ2n) is 9.73. The lowest BCUT2D eigenvalue weighted by molar-refractivity contribution is -0.123. The first-order valence-corrected chi connectivity index (χ1v) is 16.3. The third-order valence-electron chi connectivity index (χ3n) is 6.93. The molecule has 0 unspecified atom stereocenters. The second-order valence-corrected chi connectivity index (χ2v) is 14.0. The topological polar surface area (TPSA) is 81.5 Å². The fraction of sp³-hybridized carbons (Fsp3) is 0.167. The first kappa shape index (κ1) is 27.7. The number of thioether (sulfide) groups is 1. The molecular weight excluding hydrogens is 598 g/mol. The van der Waals surface area contributed by atoms with Crippen LogP contribution in [-0.2, 0) is 21.2 Å². The number of amides is 1. The van der Waals surface area contributed by atoms with E-state index in [0.29, 0.717) is 38.7 Å². The number of halogens is 1. The predicted molar refractivity (Wildman–Crippen MR) is 167 cm³/mol. The number of aromatic nitrogens is 2. The van der Waals surface area contributed by atoms with Gasteiger partial charge in [0.15, 0.2) is 9.84 Å². The maximum Gasteiger partial charge on any atom is 0.266 e. The van der Waals surface area contributed by atoms with Gasteiger partial charge in [0.1, 0.15) is 16.7 Å². The molecule has 1 amide bonds. The number of ether oxygens (including phenoxy) is 1. The molecule has 0 aliphatic carbocycles. The minimum atomic E-state index is -3.16. The molecule has 0 spiro atoms. The zero-order valence-electron chi connectivity index (χ0n) is 21.6. The molecule has 0 N–H and O–H groups in total. The van der Waals surface area contributed by atoms with Gasteiger partial charge in [-0.3, -0.25) is 9.69 Å². The predicted octanol–water partition coefficient (Wildman–Crippen LogP) is 6.16. The van der Waals surface area contributed by atoms with E-state index in [1.807, 2.05) is 85.1 Å². The zero-order valence-corrected chi connectivity index (χ0v) is 24.8. The number of hydrogen-bond acceptors (Lipinski definition) is 7. The molecule has 2 aliphatic heterocycles. The van der Waals surface area contributed by atoms with Gasteiger partial charge in [-0.15, -0.1) is 0 Å². The number of rotatable bonds is 7. The smallest absolute Gasteiger partial charge is 0.266 e. The van der Waals surface area contributed by atoms with Crippen LogP contribution in [0.4, 0.5) is 0 Å². The van der Waals surface area contributed by atoms with Crippen molar-refractivity contribution in [2.75, 3.05) is 11.5 Å². The van der Waals surface area contributed by atoms with Gasteiger partial charge >= 0.3 is 0 Å². The minimum Gasteiger partial charge on any atom is -0.489 e. The molecule has 7 nitrogen and oxygen atoms in total. The third kappa shape index (κ3) is 5.97. The molecule has 0 radical (unpaired) electrons. The fourth-order valence-electron chi connectivity index (χ4n) is 4.83. The summed E-state index contributed by atoms with van der Waals surface area (Å²) in [6.45, 7) is 0.344. The van der Waals surface area contributed by atoms with Crippen molar-refractivity contribution in [1.82, 2.24) is 14.7 Å². The number of thiocarbonyl (C=S) groups is 1. The molecule has 1 aromatic heterocycles. The highest BCUT2D eigenvalue weighted by Gasteiger charge is 2.42. The average molecular weight is 622 g/mol. The van der Waals surface area contributed by atoms with Crippen molar-refractivity contribution < 1.29 is 17.9 Å². The molecule has 2 aliphatic rings. The van der Waals surface area contributed by atoms with Crippen LogP contribution < -0.4 is 4.74 Å². The Hall–Kier alpha value is -3.44. The standard InChI is InChI=1S/C30H24ClN3O4S3/c31-26-9-5-4-6-21(26)18-38-25-12-10-20(11-13-25)28-22(17-33(32-28)23-7-2-1-3-8-23)16-27-29(35)34(30(39)40-27)24-14-15-41(36,37)19-24/h1-13,16-17,24H,14-15,18-19H2/b27-16-/t24-/m0/s1. The summed E-state index contributed by atoms with van der Waals surface area (Å²) in [6, 6.07) is 24.4. The molecule has 4 aromatic rings. The van der Waals surface area contributed by atoms with Crippen molar-refractivity contribution in [3.05, 3.63) is 106 Å². The van der Waals surface area contributed by atoms with Gasteiger partial charge in [-0.1, -0.05) is 72.0 Å². The lowest BCUT2D eigenvalue weighted by Gasteiger charge is -2.20. The van der Waals surface area contributed by atoms with Crippen molar-refractivity contribution in [3.63, 3.8) is 0 Å². The average Bonchev–Trinajstić information content (AvgIpc) is 3.63. The van der Waals surface area contributed by atoms with E-state index in [4.69, 9.17) is 33.7 Å². The van der Waals surface area contributed by atoms with Crippen LogP contribution in [-0.4, -0.2) is 50.9 Å². The Balaban J connectivity index is 1.30. The van der Waals surface area contributed by atoms with Gasteiger partial charge < -0.3 is 4.74 Å². The maximum absolute atomic E-state index is 13.4. The van der Waals surface area contributed by atoms with Crippen LogP contribution in [0, 0.1) is 0 Å². The quantitative estimate of drug-likeness (QED) is 0.181. The molecule has 0 saturated carbocycles. The first-order valence-electron chi connectivity index (χ1n) is 12.9. The molecule has 3 heterocycles. The molecule has 2 fully saturated rings. The zero-order chi connectivity index (χ0) is 28.6. The Kier molecular flexibility index (Phi) is 7.74. The highest BCUT2D eigenvalue weighted by Crippen LogP contribution is 2.38. The Bertz CT molecular complexity index is 1770. The summed E-state index contributed by atoms with van der Waals surface area (Å²) in [5.41, 5.74) is 4.03. The Morgan fingerprint density at radius 2 is 1.78 bits per heavy atom. The Morgan fingerprint density at radius 1 is 1.05 bits per heavy atom. The summed E-state index contributed by atoms with van der Waals surface area (Å²) < 4.78 is 32.2. The largest absolute Gasteiger partial charge is 0.489 e. The van der Waals surface area contributed by atoms with Crippen LogP contribution in [0.1, 0.15) is 17.5 Å². The fourth-order valence-corrected chi connectivity index (χ4v) is 8.11. The summed E-state index contributed by atoms with van der Waals surface area (Å²) in [4.78, 5) is 15.3. The molecule has 2 saturated heterocycles. The van der Waals surface area contributed by atoms with E-state index in [0.717, 1.165) is 22.4 Å². The van der Waals surface area contributed by atoms with E-state index in [2.05, 4.69) is 0 Å². The molecule has 0 bridgehead atoms. The summed E-state index contributed by atoms with van der Waals surface area (Å²) in [5, 5.41) is 5.51. The molecule has 41 heavy (non-hydrogen) atoms. The second kappa shape index (κ2) is 11.4. The summed E-state index contributed by atoms with van der Waals surface area (Å²) in [6.07, 6.45) is 4.05. The van der Waals surface area contributed by atoms with Gasteiger partial charge in [-0.05, 0) is 55.0 Å². The monoisotopic (exact) mass is 621 g/mol. The van der Waals surface area contributed by atoms with E-state index in [1.54, 1.807) is 10.8 Å². The molecular formula is C30H24ClN3O4S3. The highest BCUT2D eigenvalue weighted by atomic mass is 35.5. The maximum atomic E-state index is 13.4. The highest BCUT2D eigenvalue weighted by molar-refractivity contribution is 8.26. The number of nitrogens with zero attached hydrogens (tertiary/aromatic N) is 3. The molecule has 11 heteroatoms. The summed E-state index contributed by atoms with van der Waals surface area (Å²) in [5.74, 6) is 0.420. The SMILES string of the molecule is O=C1/C(=C/c2cn(-c3ccccc3)nc2-c2ccc(OCc3ccccc3Cl)cc2)SC(=S)N1[C@H]1CCS(=O)(=O)C1. The number of carbonyl (C=O) groups excluding carboxylic acids is 1. The van der Waals surface area contributed by atoms with Crippen molar-refractivity contribution in [2.45, 2.75) is 19.1 Å². The van der Waals surface area contributed by atoms with Crippen LogP contribution in [0.15, 0.2) is 90.0 Å². The van der Waals surface area contributed by atoms with Gasteiger partial charge in [0.2, 0.25) is 0 Å². The van der Waals surface area contributed by atoms with E-state index >= 15 is 0 Å². The lowest BCUT2D eigenvalue weighted by atomic mass is 10.1. The van der Waals surface area contributed by atoms with Gasteiger partial charge in [0.05, 0.1) is 33.8 Å². The van der Waals surface area contributed by atoms with Crippen LogP contribution in [0.2, 0.25) is 5.02 Å². The summed E-state index contributed by atoms with van der Waals surface area (Å²) >= 11 is 12.9. The van der Waals surface area contributed by atoms with Crippen molar-refractivity contribution >= 4 is 61.7 Å². The number of sulfone groups is 1. The molecule has 3 aromatic carbocycles. The lowest BCUT2D eigenvalue weighted by Crippen LogP contribution is -2.39. The van der Waals surface area contributed by atoms with E-state index in [9.17, 15) is 13.2 Å². The van der Waals surface area contributed by atoms with Crippen LogP contribution in [0.5, 0.6) is 5.75 Å². The van der Waals surface area contributed by atoms with E-state index < -0.39 is 15.9 Å². The van der Waals surface area contributed by atoms with Crippen molar-refractivity contribution in [1.29, 1.82) is 0 Å².